The van der Waals surface area contributed by atoms with E-state index in [-0.39, 0.29) is 47.9 Å². The summed E-state index contributed by atoms with van der Waals surface area (Å²) in [5.74, 6) is -0.408. The number of pyridine rings is 1. The van der Waals surface area contributed by atoms with Crippen LogP contribution in [0.5, 0.6) is 23.0 Å². The number of fused-ring (bicyclic) bond motifs is 1. The maximum absolute atomic E-state index is 14.7. The Morgan fingerprint density at radius 3 is 2.65 bits per heavy atom. The lowest BCUT2D eigenvalue weighted by molar-refractivity contribution is 0.0949. The molecule has 0 bridgehead atoms. The van der Waals surface area contributed by atoms with Crippen molar-refractivity contribution in [1.82, 2.24) is 10.3 Å². The number of nitrogens with zero attached hydrogens (tertiary/aromatic N) is 2. The number of hydrogen-bond donors (Lipinski definition) is 3. The van der Waals surface area contributed by atoms with Crippen molar-refractivity contribution in [2.75, 3.05) is 0 Å². The lowest BCUT2D eigenvalue weighted by Gasteiger charge is -2.20. The lowest BCUT2D eigenvalue weighted by Crippen LogP contribution is -2.33. The zero-order chi connectivity index (χ0) is 33.8. The highest BCUT2D eigenvalue weighted by Crippen LogP contribution is 2.43. The average Bonchev–Trinajstić information content (AvgIpc) is 3.51. The monoisotopic (exact) mass is 663 g/mol. The van der Waals surface area contributed by atoms with Crippen LogP contribution >= 0.6 is 11.6 Å². The minimum absolute atomic E-state index is 0.107. The van der Waals surface area contributed by atoms with E-state index in [2.05, 4.69) is 16.4 Å². The fourth-order valence-electron chi connectivity index (χ4n) is 5.83. The Kier molecular flexibility index (Phi) is 9.57. The molecule has 1 heterocycles. The number of carbonyl (C=O) groups excluding carboxylic acids is 1. The molecule has 3 N–H and O–H groups in total. The third-order valence-corrected chi connectivity index (χ3v) is 8.63. The fourth-order valence-corrected chi connectivity index (χ4v) is 6.06. The van der Waals surface area contributed by atoms with Gasteiger partial charge in [0.2, 0.25) is 0 Å². The van der Waals surface area contributed by atoms with Crippen molar-refractivity contribution in [3.8, 4) is 40.2 Å². The maximum atomic E-state index is 14.7. The standard InChI is InChI=1S/C38H31ClFN3O5/c1-22(38(46)25-9-11-33(44)34(45)15-25)43-20-26-14-31(39)37(16-36(26)47-21-24-13-23(17-41)18-42-19-24)48-35-12-10-28-27(6-4-7-30(28)35)29-5-2-3-8-32(29)40/h2-9,11,13-16,18-19,22,35,43-45H,10,12,20-21H2,1H3/t22?,35-/m0/s1. The van der Waals surface area contributed by atoms with Gasteiger partial charge in [0.15, 0.2) is 17.3 Å². The van der Waals surface area contributed by atoms with Gasteiger partial charge in [-0.25, -0.2) is 4.39 Å². The van der Waals surface area contributed by atoms with Crippen molar-refractivity contribution in [2.24, 2.45) is 0 Å². The minimum atomic E-state index is -0.661. The second-order valence-electron chi connectivity index (χ2n) is 11.5. The van der Waals surface area contributed by atoms with Gasteiger partial charge in [0, 0.05) is 47.3 Å². The van der Waals surface area contributed by atoms with Crippen LogP contribution in [0, 0.1) is 17.1 Å². The number of nitrogens with one attached hydrogen (secondary N) is 1. The Bertz CT molecular complexity index is 2050. The molecule has 1 aliphatic rings. The highest BCUT2D eigenvalue weighted by molar-refractivity contribution is 6.32. The van der Waals surface area contributed by atoms with Gasteiger partial charge in [0.1, 0.15) is 36.1 Å². The number of ether oxygens (including phenoxy) is 2. The molecule has 4 aromatic carbocycles. The van der Waals surface area contributed by atoms with Gasteiger partial charge in [0.25, 0.3) is 0 Å². The Balaban J connectivity index is 1.26. The molecule has 10 heteroatoms. The largest absolute Gasteiger partial charge is 0.504 e. The highest BCUT2D eigenvalue weighted by atomic mass is 35.5. The molecule has 0 saturated heterocycles. The summed E-state index contributed by atoms with van der Waals surface area (Å²) < 4.78 is 27.4. The molecular weight excluding hydrogens is 633 g/mol. The first kappa shape index (κ1) is 32.5. The number of Topliss-reactive ketones (excluding diaryl/α,β-unsaturated/α-hetero) is 1. The van der Waals surface area contributed by atoms with Crippen LogP contribution in [0.2, 0.25) is 5.02 Å². The van der Waals surface area contributed by atoms with Crippen molar-refractivity contribution in [3.05, 3.63) is 135 Å². The first-order valence-corrected chi connectivity index (χ1v) is 15.7. The van der Waals surface area contributed by atoms with E-state index in [1.54, 1.807) is 43.5 Å². The second kappa shape index (κ2) is 14.1. The van der Waals surface area contributed by atoms with Gasteiger partial charge in [-0.15, -0.1) is 0 Å². The van der Waals surface area contributed by atoms with Gasteiger partial charge in [-0.2, -0.15) is 5.26 Å². The highest BCUT2D eigenvalue weighted by Gasteiger charge is 2.28. The van der Waals surface area contributed by atoms with E-state index < -0.39 is 6.04 Å². The molecule has 1 aromatic heterocycles. The third-order valence-electron chi connectivity index (χ3n) is 8.33. The number of ketones is 1. The second-order valence-corrected chi connectivity index (χ2v) is 11.9. The zero-order valence-electron chi connectivity index (χ0n) is 25.9. The number of phenolic OH excluding ortho intramolecular Hbond substituents is 2. The van der Waals surface area contributed by atoms with E-state index in [0.29, 0.717) is 51.6 Å². The number of phenols is 2. The van der Waals surface area contributed by atoms with Crippen LogP contribution in [-0.2, 0) is 19.6 Å². The SMILES string of the molecule is CC(NCc1cc(Cl)c(O[C@H]2CCc3c(-c4ccccc4F)cccc32)cc1OCc1cncc(C#N)c1)C(=O)c1ccc(O)c(O)c1. The van der Waals surface area contributed by atoms with E-state index in [9.17, 15) is 24.7 Å². The third kappa shape index (κ3) is 6.95. The number of benzene rings is 4. The number of hydrogen-bond acceptors (Lipinski definition) is 8. The molecule has 1 unspecified atom stereocenters. The van der Waals surface area contributed by atoms with Gasteiger partial charge in [-0.1, -0.05) is 48.0 Å². The van der Waals surface area contributed by atoms with Gasteiger partial charge in [-0.3, -0.25) is 9.78 Å². The van der Waals surface area contributed by atoms with Gasteiger partial charge < -0.3 is 25.0 Å². The van der Waals surface area contributed by atoms with E-state index in [1.165, 1.54) is 30.5 Å². The number of carbonyl (C=O) groups is 1. The topological polar surface area (TPSA) is 125 Å². The summed E-state index contributed by atoms with van der Waals surface area (Å²) in [7, 11) is 0. The first-order chi connectivity index (χ1) is 23.2. The van der Waals surface area contributed by atoms with Crippen LogP contribution in [0.3, 0.4) is 0 Å². The van der Waals surface area contributed by atoms with E-state index in [1.807, 2.05) is 24.3 Å². The molecule has 48 heavy (non-hydrogen) atoms. The van der Waals surface area contributed by atoms with Crippen LogP contribution in [0.15, 0.2) is 91.3 Å². The predicted octanol–water partition coefficient (Wildman–Crippen LogP) is 7.83. The number of aromatic nitrogens is 1. The van der Waals surface area contributed by atoms with Crippen molar-refractivity contribution < 1.29 is 28.9 Å². The van der Waals surface area contributed by atoms with Crippen LogP contribution < -0.4 is 14.8 Å². The van der Waals surface area contributed by atoms with Gasteiger partial charge in [0.05, 0.1) is 16.6 Å². The molecule has 0 radical (unpaired) electrons. The molecule has 0 fully saturated rings. The number of halogens is 2. The molecule has 0 amide bonds. The van der Waals surface area contributed by atoms with Crippen LogP contribution in [-0.4, -0.2) is 27.0 Å². The molecule has 8 nitrogen and oxygen atoms in total. The summed E-state index contributed by atoms with van der Waals surface area (Å²) in [4.78, 5) is 17.2. The summed E-state index contributed by atoms with van der Waals surface area (Å²) in [6.07, 6.45) is 4.14. The number of rotatable bonds is 11. The van der Waals surface area contributed by atoms with E-state index in [4.69, 9.17) is 21.1 Å². The Morgan fingerprint density at radius 1 is 1.04 bits per heavy atom. The quantitative estimate of drug-likeness (QED) is 0.0965. The van der Waals surface area contributed by atoms with Gasteiger partial charge >= 0.3 is 0 Å². The maximum Gasteiger partial charge on any atom is 0.179 e. The molecular formula is C38H31ClFN3O5. The molecule has 1 aliphatic carbocycles. The molecule has 242 valence electrons. The molecule has 0 spiro atoms. The van der Waals surface area contributed by atoms with Crippen molar-refractivity contribution >= 4 is 17.4 Å². The molecule has 0 aliphatic heterocycles. The van der Waals surface area contributed by atoms with Crippen molar-refractivity contribution in [2.45, 2.75) is 45.1 Å². The lowest BCUT2D eigenvalue weighted by atomic mass is 9.96. The smallest absolute Gasteiger partial charge is 0.179 e. The Labute approximate surface area is 282 Å². The fraction of sp³-hybridized carbons (Fsp3) is 0.184. The summed E-state index contributed by atoms with van der Waals surface area (Å²) in [6.45, 7) is 2.00. The van der Waals surface area contributed by atoms with Crippen molar-refractivity contribution in [1.29, 1.82) is 5.26 Å². The summed E-state index contributed by atoms with van der Waals surface area (Å²) in [6, 6.07) is 23.0. The number of nitriles is 1. The minimum Gasteiger partial charge on any atom is -0.504 e. The predicted molar refractivity (Wildman–Crippen MR) is 179 cm³/mol. The molecule has 6 rings (SSSR count). The van der Waals surface area contributed by atoms with E-state index in [0.717, 1.165) is 16.7 Å². The Hall–Kier alpha value is -5.43. The first-order valence-electron chi connectivity index (χ1n) is 15.3. The molecule has 0 saturated carbocycles. The zero-order valence-corrected chi connectivity index (χ0v) is 26.7. The average molecular weight is 664 g/mol. The van der Waals surface area contributed by atoms with Crippen LogP contribution in [0.1, 0.15) is 57.6 Å². The van der Waals surface area contributed by atoms with E-state index >= 15 is 0 Å². The number of aromatic hydroxyl groups is 2. The normalized spacial score (nSPS) is 14.2. The van der Waals surface area contributed by atoms with Crippen LogP contribution in [0.25, 0.3) is 11.1 Å². The molecule has 2 atom stereocenters. The Morgan fingerprint density at radius 2 is 1.85 bits per heavy atom. The van der Waals surface area contributed by atoms with Gasteiger partial charge in [-0.05, 0) is 72.9 Å². The molecule has 5 aromatic rings. The van der Waals surface area contributed by atoms with Crippen molar-refractivity contribution in [3.63, 3.8) is 0 Å². The van der Waals surface area contributed by atoms with Crippen LogP contribution in [0.4, 0.5) is 4.39 Å². The summed E-state index contributed by atoms with van der Waals surface area (Å²) >= 11 is 6.80. The summed E-state index contributed by atoms with van der Waals surface area (Å²) in [5.41, 5.74) is 5.37. The summed E-state index contributed by atoms with van der Waals surface area (Å²) in [5, 5.41) is 32.3.